The van der Waals surface area contributed by atoms with E-state index in [9.17, 15) is 18.4 Å². The molecule has 0 heterocycles. The minimum atomic E-state index is -0.826. The summed E-state index contributed by atoms with van der Waals surface area (Å²) in [4.78, 5) is 24.3. The molecule has 4 N–H and O–H groups in total. The van der Waals surface area contributed by atoms with Gasteiger partial charge >= 0.3 is 0 Å². The third-order valence-electron chi connectivity index (χ3n) is 5.95. The van der Waals surface area contributed by atoms with Gasteiger partial charge in [0.1, 0.15) is 0 Å². The Morgan fingerprint density at radius 1 is 0.667 bits per heavy atom. The molecule has 1 saturated carbocycles. The summed E-state index contributed by atoms with van der Waals surface area (Å²) < 4.78 is 28.2. The number of hydrogen-bond donors (Lipinski definition) is 4. The minimum absolute atomic E-state index is 0.187. The summed E-state index contributed by atoms with van der Waals surface area (Å²) in [6.07, 6.45) is 14.3. The number of carbonyl (C=O) groups is 2. The van der Waals surface area contributed by atoms with Gasteiger partial charge in [-0.3, -0.25) is 9.59 Å². The second-order valence-corrected chi connectivity index (χ2v) is 8.76. The Morgan fingerprint density at radius 2 is 1.03 bits per heavy atom. The van der Waals surface area contributed by atoms with Crippen molar-refractivity contribution in [1.29, 1.82) is 0 Å². The zero-order valence-electron chi connectivity index (χ0n) is 19.8. The van der Waals surface area contributed by atoms with E-state index in [4.69, 9.17) is 10.2 Å². The molecule has 1 aliphatic rings. The van der Waals surface area contributed by atoms with Gasteiger partial charge in [0, 0.05) is 25.3 Å². The van der Waals surface area contributed by atoms with Crippen molar-refractivity contribution in [3.8, 4) is 0 Å². The van der Waals surface area contributed by atoms with Crippen molar-refractivity contribution in [2.24, 2.45) is 0 Å². The van der Waals surface area contributed by atoms with E-state index in [1.165, 1.54) is 12.2 Å². The number of halogens is 2. The van der Waals surface area contributed by atoms with E-state index in [1.807, 2.05) is 0 Å². The Hall–Kier alpha value is -1.80. The van der Waals surface area contributed by atoms with Crippen LogP contribution in [-0.2, 0) is 9.59 Å². The van der Waals surface area contributed by atoms with Crippen LogP contribution in [0.2, 0.25) is 0 Å². The highest BCUT2D eigenvalue weighted by atomic mass is 19.1. The first-order valence-electron chi connectivity index (χ1n) is 12.5. The van der Waals surface area contributed by atoms with Crippen LogP contribution in [0.15, 0.2) is 23.8 Å². The summed E-state index contributed by atoms with van der Waals surface area (Å²) in [6.45, 7) is 0.375. The first-order valence-corrected chi connectivity index (χ1v) is 12.5. The zero-order chi connectivity index (χ0) is 24.3. The lowest BCUT2D eigenvalue weighted by molar-refractivity contribution is -0.122. The highest BCUT2D eigenvalue weighted by molar-refractivity contribution is 5.92. The predicted octanol–water partition coefficient (Wildman–Crippen LogP) is 4.51. The van der Waals surface area contributed by atoms with E-state index in [0.29, 0.717) is 25.7 Å². The Labute approximate surface area is 196 Å². The van der Waals surface area contributed by atoms with Gasteiger partial charge in [0.2, 0.25) is 0 Å². The lowest BCUT2D eigenvalue weighted by Gasteiger charge is -2.21. The van der Waals surface area contributed by atoms with Crippen molar-refractivity contribution >= 4 is 11.8 Å². The van der Waals surface area contributed by atoms with Crippen LogP contribution >= 0.6 is 0 Å². The van der Waals surface area contributed by atoms with Gasteiger partial charge in [0.05, 0.1) is 0 Å². The van der Waals surface area contributed by atoms with Crippen LogP contribution in [0.4, 0.5) is 8.78 Å². The van der Waals surface area contributed by atoms with Gasteiger partial charge in [-0.25, -0.2) is 8.78 Å². The second-order valence-electron chi connectivity index (χ2n) is 8.76. The van der Waals surface area contributed by atoms with Crippen LogP contribution in [0.5, 0.6) is 0 Å². The van der Waals surface area contributed by atoms with Gasteiger partial charge in [0.15, 0.2) is 11.7 Å². The number of nitrogens with one attached hydrogen (secondary N) is 2. The fourth-order valence-electron chi connectivity index (χ4n) is 4.00. The third-order valence-corrected chi connectivity index (χ3v) is 5.95. The van der Waals surface area contributed by atoms with Gasteiger partial charge in [-0.05, 0) is 69.9 Å². The van der Waals surface area contributed by atoms with Crippen LogP contribution in [0.1, 0.15) is 96.3 Å². The molecule has 1 fully saturated rings. The summed E-state index contributed by atoms with van der Waals surface area (Å²) in [6, 6.07) is -0.836. The zero-order valence-corrected chi connectivity index (χ0v) is 19.8. The molecule has 0 aromatic carbocycles. The molecule has 1 aliphatic carbocycles. The molecule has 0 aromatic heterocycles. The van der Waals surface area contributed by atoms with Crippen molar-refractivity contribution in [1.82, 2.24) is 10.6 Å². The van der Waals surface area contributed by atoms with Crippen LogP contribution < -0.4 is 10.6 Å². The Bertz CT molecular complexity index is 574. The summed E-state index contributed by atoms with van der Waals surface area (Å²) >= 11 is 0. The molecule has 6 nitrogen and oxygen atoms in total. The van der Waals surface area contributed by atoms with E-state index in [2.05, 4.69) is 10.6 Å². The minimum Gasteiger partial charge on any atom is -0.396 e. The van der Waals surface area contributed by atoms with E-state index in [0.717, 1.165) is 70.6 Å². The largest absolute Gasteiger partial charge is 0.396 e. The predicted molar refractivity (Wildman–Crippen MR) is 126 cm³/mol. The van der Waals surface area contributed by atoms with Crippen molar-refractivity contribution in [3.63, 3.8) is 0 Å². The van der Waals surface area contributed by atoms with Crippen molar-refractivity contribution in [2.75, 3.05) is 13.2 Å². The topological polar surface area (TPSA) is 98.7 Å². The van der Waals surface area contributed by atoms with Crippen molar-refractivity contribution in [2.45, 2.75) is 108 Å². The number of carbonyl (C=O) groups excluding carboxylic acids is 2. The first-order chi connectivity index (χ1) is 16.0. The maximum atomic E-state index is 14.1. The lowest BCUT2D eigenvalue weighted by atomic mass is 10.1. The number of amides is 2. The molecule has 0 unspecified atom stereocenters. The normalized spacial score (nSPS) is 19.0. The molecule has 0 radical (unpaired) electrons. The first kappa shape index (κ1) is 29.2. The van der Waals surface area contributed by atoms with Gasteiger partial charge in [-0.1, -0.05) is 38.5 Å². The van der Waals surface area contributed by atoms with Gasteiger partial charge in [0.25, 0.3) is 11.8 Å². The highest BCUT2D eigenvalue weighted by Crippen LogP contribution is 2.21. The summed E-state index contributed by atoms with van der Waals surface area (Å²) in [5, 5.41) is 22.7. The number of unbranched alkanes of at least 4 members (excludes halogenated alkanes) is 10. The number of allylic oxidation sites excluding steroid dienone is 2. The monoisotopic (exact) mass is 472 g/mol. The van der Waals surface area contributed by atoms with Crippen molar-refractivity contribution < 1.29 is 28.6 Å². The Kier molecular flexibility index (Phi) is 16.5. The van der Waals surface area contributed by atoms with Gasteiger partial charge < -0.3 is 20.8 Å². The molecule has 2 atom stereocenters. The maximum absolute atomic E-state index is 14.1. The molecule has 2 amide bonds. The summed E-state index contributed by atoms with van der Waals surface area (Å²) in [7, 11) is 0. The number of hydrogen-bond acceptors (Lipinski definition) is 4. The van der Waals surface area contributed by atoms with Gasteiger partial charge in [-0.15, -0.1) is 0 Å². The molecule has 0 saturated heterocycles. The molecule has 0 spiro atoms. The smallest absolute Gasteiger partial charge is 0.279 e. The molecular formula is C25H42F2N2O4. The van der Waals surface area contributed by atoms with Crippen LogP contribution in [0, 0.1) is 0 Å². The quantitative estimate of drug-likeness (QED) is 0.174. The SMILES string of the molecule is O=C(N[C@H]1CCC[C@H]1NC(=O)/C(F)=C\CCCCCCCO)/C(F)=C\CCCCCCCO. The average Bonchev–Trinajstić information content (AvgIpc) is 3.23. The van der Waals surface area contributed by atoms with E-state index >= 15 is 0 Å². The molecule has 1 rings (SSSR count). The third kappa shape index (κ3) is 13.5. The average molecular weight is 473 g/mol. The van der Waals surface area contributed by atoms with E-state index in [-0.39, 0.29) is 13.2 Å². The lowest BCUT2D eigenvalue weighted by Crippen LogP contribution is -2.48. The molecule has 190 valence electrons. The molecular weight excluding hydrogens is 430 g/mol. The van der Waals surface area contributed by atoms with Crippen LogP contribution in [0.25, 0.3) is 0 Å². The fourth-order valence-corrected chi connectivity index (χ4v) is 4.00. The standard InChI is InChI=1S/C25H42F2N2O4/c26-20(14-9-5-1-3-7-11-18-30)24(32)28-22-16-13-17-23(22)29-25(33)21(27)15-10-6-2-4-8-12-19-31/h14-15,22-23,30-31H,1-13,16-19H2,(H,28,32)(H,29,33)/b20-14+,21-15+/t22-,23+. The molecule has 8 heteroatoms. The fraction of sp³-hybridized carbons (Fsp3) is 0.760. The Morgan fingerprint density at radius 3 is 1.42 bits per heavy atom. The molecule has 0 bridgehead atoms. The molecule has 33 heavy (non-hydrogen) atoms. The Balaban J connectivity index is 2.34. The number of aliphatic hydroxyl groups excluding tert-OH is 2. The van der Waals surface area contributed by atoms with Crippen LogP contribution in [0.3, 0.4) is 0 Å². The summed E-state index contributed by atoms with van der Waals surface area (Å²) in [5.41, 5.74) is 0. The molecule has 0 aliphatic heterocycles. The van der Waals surface area contributed by atoms with Crippen LogP contribution in [-0.4, -0.2) is 47.3 Å². The van der Waals surface area contributed by atoms with E-state index in [1.54, 1.807) is 0 Å². The molecule has 0 aromatic rings. The second kappa shape index (κ2) is 18.6. The number of aliphatic hydroxyl groups is 2. The summed E-state index contributed by atoms with van der Waals surface area (Å²) in [5.74, 6) is -3.24. The number of rotatable bonds is 18. The highest BCUT2D eigenvalue weighted by Gasteiger charge is 2.31. The van der Waals surface area contributed by atoms with Gasteiger partial charge in [-0.2, -0.15) is 0 Å². The van der Waals surface area contributed by atoms with E-state index < -0.39 is 35.6 Å². The maximum Gasteiger partial charge on any atom is 0.279 e. The van der Waals surface area contributed by atoms with Crippen molar-refractivity contribution in [3.05, 3.63) is 23.8 Å².